The molecule has 1 N–H and O–H groups in total. The van der Waals surface area contributed by atoms with Crippen LogP contribution in [0.5, 0.6) is 0 Å². The molecule has 0 fully saturated rings. The Hall–Kier alpha value is -0.224. The molecule has 0 aliphatic heterocycles. The van der Waals surface area contributed by atoms with Gasteiger partial charge in [0.1, 0.15) is 6.61 Å². The Labute approximate surface area is 63.5 Å². The molecular formula is C4H8MgO3. The smallest absolute Gasteiger partial charge is 0.450 e. The molecular weight excluding hydrogens is 120 g/mol. The first kappa shape index (κ1) is 10.7. The van der Waals surface area contributed by atoms with Crippen molar-refractivity contribution in [3.8, 4) is 0 Å². The van der Waals surface area contributed by atoms with Gasteiger partial charge in [0.25, 0.3) is 0 Å². The van der Waals surface area contributed by atoms with Gasteiger partial charge < -0.3 is 9.84 Å². The van der Waals surface area contributed by atoms with Gasteiger partial charge in [-0.2, -0.15) is 0 Å². The summed E-state index contributed by atoms with van der Waals surface area (Å²) in [5.74, 6) is 0. The zero-order valence-electron chi connectivity index (χ0n) is 3.76. The zero-order valence-corrected chi connectivity index (χ0v) is 3.76. The Morgan fingerprint density at radius 1 is 1.88 bits per heavy atom. The standard InChI is InChI=1S/C4H6O3.Mg.2H/c1-2-3-7-4(5)6;;;/h2H,1,3H2,(H,5,6);;;. The number of hydrogen-bond donors (Lipinski definition) is 1. The van der Waals surface area contributed by atoms with Crippen LogP contribution in [0, 0.1) is 0 Å². The molecule has 0 aromatic rings. The van der Waals surface area contributed by atoms with Crippen molar-refractivity contribution in [2.45, 2.75) is 0 Å². The first-order chi connectivity index (χ1) is 3.27. The van der Waals surface area contributed by atoms with Crippen LogP contribution in [-0.2, 0) is 4.74 Å². The quantitative estimate of drug-likeness (QED) is 0.322. The summed E-state index contributed by atoms with van der Waals surface area (Å²) < 4.78 is 3.99. The maximum Gasteiger partial charge on any atom is 0.506 e. The van der Waals surface area contributed by atoms with E-state index in [4.69, 9.17) is 5.11 Å². The van der Waals surface area contributed by atoms with Crippen molar-refractivity contribution in [1.29, 1.82) is 0 Å². The molecule has 0 saturated carbocycles. The molecule has 0 heterocycles. The minimum Gasteiger partial charge on any atom is -0.450 e. The Bertz CT molecular complexity index is 81.4. The second-order valence-electron chi connectivity index (χ2n) is 0.866. The molecule has 0 rings (SSSR count). The lowest BCUT2D eigenvalue weighted by atomic mass is 10.7. The van der Waals surface area contributed by atoms with E-state index in [0.717, 1.165) is 0 Å². The molecule has 0 spiro atoms. The maximum absolute atomic E-state index is 9.49. The lowest BCUT2D eigenvalue weighted by Crippen LogP contribution is -1.98. The van der Waals surface area contributed by atoms with Crippen LogP contribution in [-0.4, -0.2) is 40.9 Å². The Morgan fingerprint density at radius 2 is 2.38 bits per heavy atom. The highest BCUT2D eigenvalue weighted by atomic mass is 24.3. The SMILES string of the molecule is C=CCOC(=O)O.[MgH2]. The van der Waals surface area contributed by atoms with Crippen LogP contribution in [0.1, 0.15) is 0 Å². The summed E-state index contributed by atoms with van der Waals surface area (Å²) in [6.07, 6.45) is 0.105. The van der Waals surface area contributed by atoms with E-state index in [1.165, 1.54) is 6.08 Å². The molecule has 0 amide bonds. The summed E-state index contributed by atoms with van der Waals surface area (Å²) in [5.41, 5.74) is 0. The minimum atomic E-state index is -1.26. The van der Waals surface area contributed by atoms with Crippen molar-refractivity contribution in [3.63, 3.8) is 0 Å². The number of ether oxygens (including phenoxy) is 1. The highest BCUT2D eigenvalue weighted by molar-refractivity contribution is 5.75. The van der Waals surface area contributed by atoms with Gasteiger partial charge in [-0.15, -0.1) is 0 Å². The van der Waals surface area contributed by atoms with Crippen molar-refractivity contribution >= 4 is 29.2 Å². The summed E-state index contributed by atoms with van der Waals surface area (Å²) in [5, 5.41) is 7.77. The van der Waals surface area contributed by atoms with Crippen LogP contribution in [0.25, 0.3) is 0 Å². The molecule has 0 saturated heterocycles. The average molecular weight is 128 g/mol. The van der Waals surface area contributed by atoms with Gasteiger partial charge in [0.2, 0.25) is 0 Å². The lowest BCUT2D eigenvalue weighted by molar-refractivity contribution is 0.102. The first-order valence-electron chi connectivity index (χ1n) is 1.74. The summed E-state index contributed by atoms with van der Waals surface area (Å²) >= 11 is 0. The Balaban J connectivity index is 0. The largest absolute Gasteiger partial charge is 0.506 e. The monoisotopic (exact) mass is 128 g/mol. The number of carbonyl (C=O) groups is 1. The van der Waals surface area contributed by atoms with Gasteiger partial charge in [-0.1, -0.05) is 12.7 Å². The number of rotatable bonds is 2. The van der Waals surface area contributed by atoms with Crippen LogP contribution >= 0.6 is 0 Å². The predicted molar refractivity (Wildman–Crippen MR) is 32.7 cm³/mol. The molecule has 3 nitrogen and oxygen atoms in total. The molecule has 8 heavy (non-hydrogen) atoms. The van der Waals surface area contributed by atoms with Gasteiger partial charge >= 0.3 is 29.2 Å². The number of hydrogen-bond acceptors (Lipinski definition) is 2. The van der Waals surface area contributed by atoms with E-state index in [0.29, 0.717) is 0 Å². The summed E-state index contributed by atoms with van der Waals surface area (Å²) in [4.78, 5) is 9.49. The van der Waals surface area contributed by atoms with Crippen LogP contribution in [0.4, 0.5) is 4.79 Å². The van der Waals surface area contributed by atoms with Crippen molar-refractivity contribution in [2.24, 2.45) is 0 Å². The van der Waals surface area contributed by atoms with Gasteiger partial charge in [0.15, 0.2) is 0 Å². The van der Waals surface area contributed by atoms with Gasteiger partial charge in [0.05, 0.1) is 0 Å². The summed E-state index contributed by atoms with van der Waals surface area (Å²) in [7, 11) is 0. The summed E-state index contributed by atoms with van der Waals surface area (Å²) in [6, 6.07) is 0. The molecule has 0 aromatic heterocycles. The second-order valence-corrected chi connectivity index (χ2v) is 0.866. The maximum atomic E-state index is 9.49. The van der Waals surface area contributed by atoms with Crippen molar-refractivity contribution in [3.05, 3.63) is 12.7 Å². The average Bonchev–Trinajstić information content (AvgIpc) is 1.61. The second kappa shape index (κ2) is 6.78. The molecule has 0 aliphatic rings. The molecule has 0 bridgehead atoms. The van der Waals surface area contributed by atoms with Crippen molar-refractivity contribution in [2.75, 3.05) is 6.61 Å². The first-order valence-corrected chi connectivity index (χ1v) is 1.74. The third-order valence-corrected chi connectivity index (χ3v) is 0.325. The van der Waals surface area contributed by atoms with E-state index < -0.39 is 6.16 Å². The molecule has 0 aromatic carbocycles. The Morgan fingerprint density at radius 3 is 2.50 bits per heavy atom. The normalized spacial score (nSPS) is 6.50. The molecule has 4 heteroatoms. The fraction of sp³-hybridized carbons (Fsp3) is 0.250. The van der Waals surface area contributed by atoms with E-state index in [9.17, 15) is 4.79 Å². The van der Waals surface area contributed by atoms with Gasteiger partial charge in [0, 0.05) is 0 Å². The van der Waals surface area contributed by atoms with Crippen molar-refractivity contribution < 1.29 is 14.6 Å². The highest BCUT2D eigenvalue weighted by Crippen LogP contribution is 1.73. The number of carboxylic acid groups (broad SMARTS) is 1. The van der Waals surface area contributed by atoms with E-state index >= 15 is 0 Å². The van der Waals surface area contributed by atoms with E-state index in [-0.39, 0.29) is 29.7 Å². The van der Waals surface area contributed by atoms with E-state index in [2.05, 4.69) is 11.3 Å². The van der Waals surface area contributed by atoms with Crippen LogP contribution in [0.3, 0.4) is 0 Å². The topological polar surface area (TPSA) is 46.5 Å². The van der Waals surface area contributed by atoms with Crippen LogP contribution < -0.4 is 0 Å². The van der Waals surface area contributed by atoms with E-state index in [1.54, 1.807) is 0 Å². The van der Waals surface area contributed by atoms with E-state index in [1.807, 2.05) is 0 Å². The Kier molecular flexibility index (Phi) is 9.06. The molecule has 44 valence electrons. The summed E-state index contributed by atoms with van der Waals surface area (Å²) in [6.45, 7) is 3.31. The lowest BCUT2D eigenvalue weighted by Gasteiger charge is -1.88. The molecule has 0 aliphatic carbocycles. The third kappa shape index (κ3) is 9.24. The third-order valence-electron chi connectivity index (χ3n) is 0.325. The van der Waals surface area contributed by atoms with Gasteiger partial charge in [-0.05, 0) is 0 Å². The fourth-order valence-electron chi connectivity index (χ4n) is 0.130. The molecule has 0 radical (unpaired) electrons. The van der Waals surface area contributed by atoms with Crippen LogP contribution in [0.15, 0.2) is 12.7 Å². The fourth-order valence-corrected chi connectivity index (χ4v) is 0.130. The predicted octanol–water partition coefficient (Wildman–Crippen LogP) is -0.0492. The minimum absolute atomic E-state index is 0. The van der Waals surface area contributed by atoms with Gasteiger partial charge in [-0.25, -0.2) is 4.79 Å². The van der Waals surface area contributed by atoms with Gasteiger partial charge in [-0.3, -0.25) is 0 Å². The highest BCUT2D eigenvalue weighted by Gasteiger charge is 1.87. The van der Waals surface area contributed by atoms with Crippen molar-refractivity contribution in [1.82, 2.24) is 0 Å². The van der Waals surface area contributed by atoms with Crippen LogP contribution in [0.2, 0.25) is 0 Å². The zero-order chi connectivity index (χ0) is 5.70. The molecule has 0 atom stereocenters. The molecule has 0 unspecified atom stereocenters.